The molecule has 2 aromatic carbocycles. The minimum absolute atomic E-state index is 0.247. The van der Waals surface area contributed by atoms with E-state index in [2.05, 4.69) is 15.6 Å². The van der Waals surface area contributed by atoms with Gasteiger partial charge in [0.15, 0.2) is 0 Å². The second-order valence-corrected chi connectivity index (χ2v) is 5.22. The maximum Gasteiger partial charge on any atom is 0.255 e. The van der Waals surface area contributed by atoms with Crippen LogP contribution >= 0.6 is 0 Å². The molecule has 126 valence electrons. The normalized spacial score (nSPS) is 10.2. The molecule has 1 heterocycles. The van der Waals surface area contributed by atoms with Crippen LogP contribution in [0.25, 0.3) is 0 Å². The van der Waals surface area contributed by atoms with Crippen molar-refractivity contribution in [1.82, 2.24) is 4.98 Å². The zero-order valence-electron chi connectivity index (χ0n) is 13.5. The van der Waals surface area contributed by atoms with Crippen LogP contribution in [0.15, 0.2) is 66.9 Å². The highest BCUT2D eigenvalue weighted by Crippen LogP contribution is 2.26. The molecule has 0 aliphatic carbocycles. The van der Waals surface area contributed by atoms with Crippen molar-refractivity contribution in [1.29, 1.82) is 0 Å². The Hall–Kier alpha value is -3.41. The van der Waals surface area contributed by atoms with Crippen LogP contribution in [-0.4, -0.2) is 18.0 Å². The number of methoxy groups -OCH3 is 1. The van der Waals surface area contributed by atoms with Gasteiger partial charge in [-0.2, -0.15) is 0 Å². The summed E-state index contributed by atoms with van der Waals surface area (Å²) in [5.41, 5.74) is 1.55. The number of aromatic nitrogens is 1. The maximum atomic E-state index is 13.2. The third kappa shape index (κ3) is 4.11. The van der Waals surface area contributed by atoms with Crippen molar-refractivity contribution in [2.45, 2.75) is 0 Å². The molecule has 25 heavy (non-hydrogen) atoms. The van der Waals surface area contributed by atoms with Crippen LogP contribution in [0, 0.1) is 5.82 Å². The van der Waals surface area contributed by atoms with Crippen LogP contribution < -0.4 is 15.4 Å². The quantitative estimate of drug-likeness (QED) is 0.731. The molecule has 1 aromatic heterocycles. The molecular formula is C19H16FN3O2. The number of ether oxygens (including phenoxy) is 1. The molecule has 0 radical (unpaired) electrons. The number of nitrogens with zero attached hydrogens (tertiary/aromatic N) is 1. The molecule has 0 atom stereocenters. The van der Waals surface area contributed by atoms with E-state index >= 15 is 0 Å². The first-order valence-electron chi connectivity index (χ1n) is 7.59. The Morgan fingerprint density at radius 3 is 2.64 bits per heavy atom. The van der Waals surface area contributed by atoms with E-state index in [1.807, 2.05) is 24.3 Å². The molecule has 0 unspecified atom stereocenters. The molecule has 0 saturated heterocycles. The van der Waals surface area contributed by atoms with Gasteiger partial charge < -0.3 is 15.4 Å². The number of carbonyl (C=O) groups excluding carboxylic acids is 1. The van der Waals surface area contributed by atoms with Crippen LogP contribution in [0.4, 0.5) is 21.6 Å². The zero-order valence-corrected chi connectivity index (χ0v) is 13.5. The van der Waals surface area contributed by atoms with Gasteiger partial charge >= 0.3 is 0 Å². The molecule has 0 aliphatic heterocycles. The van der Waals surface area contributed by atoms with E-state index in [4.69, 9.17) is 4.74 Å². The molecule has 3 aromatic rings. The number of pyridine rings is 1. The van der Waals surface area contributed by atoms with Crippen LogP contribution in [-0.2, 0) is 0 Å². The van der Waals surface area contributed by atoms with Gasteiger partial charge in [0.25, 0.3) is 5.91 Å². The number of halogens is 1. The highest BCUT2D eigenvalue weighted by Gasteiger charge is 2.08. The van der Waals surface area contributed by atoms with Crippen molar-refractivity contribution in [2.24, 2.45) is 0 Å². The number of hydrogen-bond donors (Lipinski definition) is 2. The fourth-order valence-corrected chi connectivity index (χ4v) is 2.26. The van der Waals surface area contributed by atoms with Gasteiger partial charge in [0, 0.05) is 5.56 Å². The molecule has 0 spiro atoms. The number of benzene rings is 2. The number of carbonyl (C=O) groups is 1. The number of amides is 1. The van der Waals surface area contributed by atoms with Gasteiger partial charge in [-0.1, -0.05) is 18.2 Å². The van der Waals surface area contributed by atoms with Gasteiger partial charge in [0.2, 0.25) is 0 Å². The van der Waals surface area contributed by atoms with Gasteiger partial charge in [-0.25, -0.2) is 9.37 Å². The molecule has 0 fully saturated rings. The lowest BCUT2D eigenvalue weighted by molar-refractivity contribution is 0.102. The topological polar surface area (TPSA) is 63.2 Å². The van der Waals surface area contributed by atoms with E-state index in [1.165, 1.54) is 24.4 Å². The summed E-state index contributed by atoms with van der Waals surface area (Å²) in [4.78, 5) is 16.3. The minimum Gasteiger partial charge on any atom is -0.495 e. The zero-order chi connectivity index (χ0) is 17.6. The summed E-state index contributed by atoms with van der Waals surface area (Å²) in [7, 11) is 1.60. The first-order valence-corrected chi connectivity index (χ1v) is 7.59. The highest BCUT2D eigenvalue weighted by atomic mass is 19.1. The van der Waals surface area contributed by atoms with Gasteiger partial charge in [-0.15, -0.1) is 0 Å². The van der Waals surface area contributed by atoms with Crippen molar-refractivity contribution >= 4 is 23.1 Å². The first kappa shape index (κ1) is 16.4. The molecule has 2 N–H and O–H groups in total. The second-order valence-electron chi connectivity index (χ2n) is 5.22. The highest BCUT2D eigenvalue weighted by molar-refractivity contribution is 6.04. The smallest absolute Gasteiger partial charge is 0.255 e. The summed E-state index contributed by atoms with van der Waals surface area (Å²) in [6.45, 7) is 0. The summed E-state index contributed by atoms with van der Waals surface area (Å²) >= 11 is 0. The SMILES string of the molecule is COc1ccccc1Nc1ccc(NC(=O)c2cccc(F)c2)cn1. The third-order valence-electron chi connectivity index (χ3n) is 3.48. The van der Waals surface area contributed by atoms with Crippen LogP contribution in [0.3, 0.4) is 0 Å². The molecule has 6 heteroatoms. The summed E-state index contributed by atoms with van der Waals surface area (Å²) in [6, 6.07) is 16.4. The Balaban J connectivity index is 1.69. The molecule has 1 amide bonds. The van der Waals surface area contributed by atoms with Crippen molar-refractivity contribution in [3.05, 3.63) is 78.2 Å². The van der Waals surface area contributed by atoms with E-state index in [0.717, 1.165) is 5.69 Å². The number of rotatable bonds is 5. The standard InChI is InChI=1S/C19H16FN3O2/c1-25-17-8-3-2-7-16(17)23-18-10-9-15(12-21-18)22-19(24)13-5-4-6-14(20)11-13/h2-12H,1H3,(H,21,23)(H,22,24). The fraction of sp³-hybridized carbons (Fsp3) is 0.0526. The average molecular weight is 337 g/mol. The van der Waals surface area contributed by atoms with Gasteiger partial charge in [0.1, 0.15) is 17.4 Å². The molecule has 0 saturated carbocycles. The molecule has 0 aliphatic rings. The van der Waals surface area contributed by atoms with Crippen molar-refractivity contribution in [3.63, 3.8) is 0 Å². The minimum atomic E-state index is -0.456. The van der Waals surface area contributed by atoms with Gasteiger partial charge in [-0.05, 0) is 42.5 Å². The summed E-state index contributed by atoms with van der Waals surface area (Å²) in [5.74, 6) is 0.454. The monoisotopic (exact) mass is 337 g/mol. The number of nitrogens with one attached hydrogen (secondary N) is 2. The van der Waals surface area contributed by atoms with E-state index in [1.54, 1.807) is 25.3 Å². The number of hydrogen-bond acceptors (Lipinski definition) is 4. The lowest BCUT2D eigenvalue weighted by Crippen LogP contribution is -2.12. The van der Waals surface area contributed by atoms with Gasteiger partial charge in [-0.3, -0.25) is 4.79 Å². The van der Waals surface area contributed by atoms with E-state index in [-0.39, 0.29) is 5.56 Å². The van der Waals surface area contributed by atoms with E-state index in [0.29, 0.717) is 17.3 Å². The van der Waals surface area contributed by atoms with Gasteiger partial charge in [0.05, 0.1) is 24.7 Å². The molecule has 0 bridgehead atoms. The fourth-order valence-electron chi connectivity index (χ4n) is 2.26. The van der Waals surface area contributed by atoms with Crippen LogP contribution in [0.5, 0.6) is 5.75 Å². The Labute approximate surface area is 144 Å². The summed E-state index contributed by atoms with van der Waals surface area (Å²) in [6.07, 6.45) is 1.52. The predicted octanol–water partition coefficient (Wildman–Crippen LogP) is 4.23. The Morgan fingerprint density at radius 1 is 1.08 bits per heavy atom. The van der Waals surface area contributed by atoms with Crippen molar-refractivity contribution in [3.8, 4) is 5.75 Å². The van der Waals surface area contributed by atoms with Crippen LogP contribution in [0.2, 0.25) is 0 Å². The number of anilines is 3. The predicted molar refractivity (Wildman–Crippen MR) is 94.9 cm³/mol. The molecule has 5 nitrogen and oxygen atoms in total. The van der Waals surface area contributed by atoms with E-state index in [9.17, 15) is 9.18 Å². The second kappa shape index (κ2) is 7.44. The number of para-hydroxylation sites is 2. The Bertz CT molecular complexity index is 882. The third-order valence-corrected chi connectivity index (χ3v) is 3.48. The van der Waals surface area contributed by atoms with Crippen molar-refractivity contribution in [2.75, 3.05) is 17.7 Å². The Morgan fingerprint density at radius 2 is 1.92 bits per heavy atom. The first-order chi connectivity index (χ1) is 12.2. The average Bonchev–Trinajstić information content (AvgIpc) is 2.64. The maximum absolute atomic E-state index is 13.2. The Kier molecular flexibility index (Phi) is 4.89. The largest absolute Gasteiger partial charge is 0.495 e. The van der Waals surface area contributed by atoms with Crippen LogP contribution in [0.1, 0.15) is 10.4 Å². The summed E-state index contributed by atoms with van der Waals surface area (Å²) in [5, 5.41) is 5.82. The lowest BCUT2D eigenvalue weighted by Gasteiger charge is -2.11. The summed E-state index contributed by atoms with van der Waals surface area (Å²) < 4.78 is 18.5. The molecular weight excluding hydrogens is 321 g/mol. The van der Waals surface area contributed by atoms with E-state index < -0.39 is 11.7 Å². The lowest BCUT2D eigenvalue weighted by atomic mass is 10.2. The van der Waals surface area contributed by atoms with Crippen molar-refractivity contribution < 1.29 is 13.9 Å². The molecule has 3 rings (SSSR count).